The lowest BCUT2D eigenvalue weighted by Gasteiger charge is -2.19. The number of aryl methyl sites for hydroxylation is 1. The Balaban J connectivity index is 2.28. The van der Waals surface area contributed by atoms with E-state index in [-0.39, 0.29) is 6.04 Å². The molecule has 1 aromatic carbocycles. The lowest BCUT2D eigenvalue weighted by Crippen LogP contribution is -2.23. The summed E-state index contributed by atoms with van der Waals surface area (Å²) in [5.74, 6) is 0. The number of rotatable bonds is 8. The Labute approximate surface area is 171 Å². The second-order valence-electron chi connectivity index (χ2n) is 7.77. The maximum absolute atomic E-state index is 4.81. The predicted molar refractivity (Wildman–Crippen MR) is 125 cm³/mol. The standard InChI is InChI=1S/C26H34N2/c1-9-10-20(7)27-26(15-19(6)17(2)3)21(8)28-25-14-12-23-16-22(18(4)5)11-13-24(23)25/h10-11,13,15-16,25,28H,2,4,8-9,12,14H2,1,3,5-7H3/b19-15+,20-10+,27-26-/t25-/m0/s1. The number of aliphatic imine (C=N–C) groups is 1. The summed E-state index contributed by atoms with van der Waals surface area (Å²) in [4.78, 5) is 4.81. The van der Waals surface area contributed by atoms with Gasteiger partial charge in [0.25, 0.3) is 0 Å². The van der Waals surface area contributed by atoms with Crippen molar-refractivity contribution in [2.24, 2.45) is 4.99 Å². The molecule has 1 aliphatic carbocycles. The molecule has 1 N–H and O–H groups in total. The SMILES string of the molecule is C=C(N[C@H]1CCc2cc(C(=C)C)ccc21)C(/C=C(\C)C(=C)C)=N\C(C)=C\CC. The highest BCUT2D eigenvalue weighted by Crippen LogP contribution is 2.33. The average molecular weight is 375 g/mol. The third kappa shape index (κ3) is 5.45. The van der Waals surface area contributed by atoms with Crippen molar-refractivity contribution in [2.45, 2.75) is 59.9 Å². The van der Waals surface area contributed by atoms with Gasteiger partial charge < -0.3 is 5.32 Å². The molecule has 0 heterocycles. The minimum atomic E-state index is 0.265. The van der Waals surface area contributed by atoms with Gasteiger partial charge in [-0.05, 0) is 75.3 Å². The molecule has 2 heteroatoms. The monoisotopic (exact) mass is 374 g/mol. The molecule has 0 spiro atoms. The summed E-state index contributed by atoms with van der Waals surface area (Å²) in [6.07, 6.45) is 7.30. The van der Waals surface area contributed by atoms with Crippen molar-refractivity contribution in [2.75, 3.05) is 0 Å². The van der Waals surface area contributed by atoms with Gasteiger partial charge in [-0.1, -0.05) is 62.1 Å². The molecule has 0 aliphatic heterocycles. The summed E-state index contributed by atoms with van der Waals surface area (Å²) in [5.41, 5.74) is 9.97. The molecule has 0 unspecified atom stereocenters. The molecular formula is C26H34N2. The minimum absolute atomic E-state index is 0.265. The van der Waals surface area contributed by atoms with Crippen molar-refractivity contribution < 1.29 is 0 Å². The highest BCUT2D eigenvalue weighted by Gasteiger charge is 2.23. The number of nitrogens with zero attached hydrogens (tertiary/aromatic N) is 1. The van der Waals surface area contributed by atoms with Crippen LogP contribution in [-0.4, -0.2) is 5.71 Å². The van der Waals surface area contributed by atoms with Crippen LogP contribution in [0.5, 0.6) is 0 Å². The molecule has 0 fully saturated rings. The topological polar surface area (TPSA) is 24.4 Å². The Morgan fingerprint density at radius 1 is 1.18 bits per heavy atom. The van der Waals surface area contributed by atoms with Crippen LogP contribution in [0.4, 0.5) is 0 Å². The lowest BCUT2D eigenvalue weighted by molar-refractivity contribution is 0.607. The van der Waals surface area contributed by atoms with Crippen LogP contribution in [0, 0.1) is 0 Å². The van der Waals surface area contributed by atoms with Crippen LogP contribution in [0.2, 0.25) is 0 Å². The number of hydrogen-bond donors (Lipinski definition) is 1. The van der Waals surface area contributed by atoms with Crippen molar-refractivity contribution in [1.29, 1.82) is 0 Å². The van der Waals surface area contributed by atoms with Gasteiger partial charge >= 0.3 is 0 Å². The zero-order chi connectivity index (χ0) is 20.8. The maximum Gasteiger partial charge on any atom is 0.0860 e. The quantitative estimate of drug-likeness (QED) is 0.381. The van der Waals surface area contributed by atoms with E-state index in [1.165, 1.54) is 16.7 Å². The van der Waals surface area contributed by atoms with Gasteiger partial charge in [-0.2, -0.15) is 0 Å². The summed E-state index contributed by atoms with van der Waals surface area (Å²) in [7, 11) is 0. The van der Waals surface area contributed by atoms with E-state index in [0.717, 1.165) is 53.1 Å². The summed E-state index contributed by atoms with van der Waals surface area (Å²) in [6, 6.07) is 6.93. The molecule has 28 heavy (non-hydrogen) atoms. The van der Waals surface area contributed by atoms with E-state index >= 15 is 0 Å². The summed E-state index contributed by atoms with van der Waals surface area (Å²) in [6.45, 7) is 22.7. The van der Waals surface area contributed by atoms with Gasteiger partial charge in [-0.15, -0.1) is 0 Å². The van der Waals surface area contributed by atoms with E-state index in [1.807, 2.05) is 13.8 Å². The lowest BCUT2D eigenvalue weighted by atomic mass is 10.0. The van der Waals surface area contributed by atoms with E-state index in [1.54, 1.807) is 0 Å². The van der Waals surface area contributed by atoms with E-state index in [2.05, 4.69) is 76.2 Å². The third-order valence-electron chi connectivity index (χ3n) is 5.19. The molecule has 148 valence electrons. The Morgan fingerprint density at radius 3 is 2.50 bits per heavy atom. The van der Waals surface area contributed by atoms with Crippen LogP contribution in [0.3, 0.4) is 0 Å². The first-order valence-corrected chi connectivity index (χ1v) is 10.1. The summed E-state index contributed by atoms with van der Waals surface area (Å²) >= 11 is 0. The van der Waals surface area contributed by atoms with E-state index in [9.17, 15) is 0 Å². The molecule has 0 saturated carbocycles. The van der Waals surface area contributed by atoms with Crippen LogP contribution >= 0.6 is 0 Å². The highest BCUT2D eigenvalue weighted by molar-refractivity contribution is 6.08. The van der Waals surface area contributed by atoms with Crippen molar-refractivity contribution >= 4 is 11.3 Å². The van der Waals surface area contributed by atoms with E-state index < -0.39 is 0 Å². The zero-order valence-corrected chi connectivity index (χ0v) is 18.2. The first-order chi connectivity index (χ1) is 13.2. The fraction of sp³-hybridized carbons (Fsp3) is 0.346. The summed E-state index contributed by atoms with van der Waals surface area (Å²) < 4.78 is 0. The largest absolute Gasteiger partial charge is 0.377 e. The van der Waals surface area contributed by atoms with Gasteiger partial charge in [0.15, 0.2) is 0 Å². The molecular weight excluding hydrogens is 340 g/mol. The molecule has 1 aliphatic rings. The number of allylic oxidation sites excluding steroid dienone is 6. The molecule has 0 amide bonds. The number of fused-ring (bicyclic) bond motifs is 1. The Bertz CT molecular complexity index is 878. The molecule has 2 nitrogen and oxygen atoms in total. The fourth-order valence-electron chi connectivity index (χ4n) is 3.36. The van der Waals surface area contributed by atoms with Crippen molar-refractivity contribution in [3.05, 3.63) is 89.3 Å². The van der Waals surface area contributed by atoms with Gasteiger partial charge in [-0.25, -0.2) is 0 Å². The number of hydrogen-bond acceptors (Lipinski definition) is 2. The van der Waals surface area contributed by atoms with E-state index in [0.29, 0.717) is 0 Å². The fourth-order valence-corrected chi connectivity index (χ4v) is 3.36. The van der Waals surface area contributed by atoms with Gasteiger partial charge in [-0.3, -0.25) is 4.99 Å². The van der Waals surface area contributed by atoms with Gasteiger partial charge in [0.1, 0.15) is 0 Å². The van der Waals surface area contributed by atoms with E-state index in [4.69, 9.17) is 4.99 Å². The van der Waals surface area contributed by atoms with Crippen LogP contribution < -0.4 is 5.32 Å². The second kappa shape index (κ2) is 9.54. The smallest absolute Gasteiger partial charge is 0.0860 e. The maximum atomic E-state index is 4.81. The Kier molecular flexibility index (Phi) is 7.39. The van der Waals surface area contributed by atoms with Crippen molar-refractivity contribution in [3.63, 3.8) is 0 Å². The van der Waals surface area contributed by atoms with Gasteiger partial charge in [0.05, 0.1) is 17.5 Å². The van der Waals surface area contributed by atoms with Crippen LogP contribution in [0.1, 0.15) is 70.2 Å². The van der Waals surface area contributed by atoms with Crippen LogP contribution in [0.25, 0.3) is 5.57 Å². The molecule has 0 saturated heterocycles. The molecule has 2 rings (SSSR count). The van der Waals surface area contributed by atoms with Crippen molar-refractivity contribution in [1.82, 2.24) is 5.32 Å². The molecule has 0 radical (unpaired) electrons. The number of nitrogens with one attached hydrogen (secondary N) is 1. The first kappa shape index (κ1) is 21.7. The average Bonchev–Trinajstić information content (AvgIpc) is 3.03. The minimum Gasteiger partial charge on any atom is -0.377 e. The zero-order valence-electron chi connectivity index (χ0n) is 18.2. The molecule has 0 aromatic heterocycles. The predicted octanol–water partition coefficient (Wildman–Crippen LogP) is 7.09. The second-order valence-corrected chi connectivity index (χ2v) is 7.77. The third-order valence-corrected chi connectivity index (χ3v) is 5.19. The Morgan fingerprint density at radius 2 is 1.89 bits per heavy atom. The van der Waals surface area contributed by atoms with Crippen LogP contribution in [-0.2, 0) is 6.42 Å². The van der Waals surface area contributed by atoms with Gasteiger partial charge in [0, 0.05) is 5.70 Å². The van der Waals surface area contributed by atoms with Gasteiger partial charge in [0.2, 0.25) is 0 Å². The summed E-state index contributed by atoms with van der Waals surface area (Å²) in [5, 5.41) is 3.63. The molecule has 0 bridgehead atoms. The molecule has 1 aromatic rings. The first-order valence-electron chi connectivity index (χ1n) is 10.1. The number of benzene rings is 1. The normalized spacial score (nSPS) is 17.3. The van der Waals surface area contributed by atoms with Crippen molar-refractivity contribution in [3.8, 4) is 0 Å². The molecule has 1 atom stereocenters. The van der Waals surface area contributed by atoms with Crippen LogP contribution in [0.15, 0.2) is 77.6 Å². The Hall–Kier alpha value is -2.61. The highest BCUT2D eigenvalue weighted by atomic mass is 15.0.